The smallest absolute Gasteiger partial charge is 0.191 e. The van der Waals surface area contributed by atoms with Gasteiger partial charge in [-0.15, -0.1) is 24.0 Å². The molecule has 0 aliphatic carbocycles. The predicted molar refractivity (Wildman–Crippen MR) is 106 cm³/mol. The number of furan rings is 1. The summed E-state index contributed by atoms with van der Waals surface area (Å²) in [6.07, 6.45) is 2.29. The minimum Gasteiger partial charge on any atom is -0.463 e. The Hall–Kier alpha value is -0.760. The van der Waals surface area contributed by atoms with E-state index >= 15 is 0 Å². The van der Waals surface area contributed by atoms with Gasteiger partial charge in [-0.2, -0.15) is 0 Å². The second-order valence-corrected chi connectivity index (χ2v) is 5.94. The molecule has 0 aliphatic heterocycles. The molecule has 1 rings (SSSR count). The number of hydrogen-bond acceptors (Lipinski definition) is 3. The van der Waals surface area contributed by atoms with Gasteiger partial charge in [0.05, 0.1) is 6.54 Å². The lowest BCUT2D eigenvalue weighted by atomic mass is 10.0. The van der Waals surface area contributed by atoms with Gasteiger partial charge in [0.25, 0.3) is 0 Å². The summed E-state index contributed by atoms with van der Waals surface area (Å²) in [7, 11) is 0. The Balaban J connectivity index is 0.00000484. The zero-order chi connectivity index (χ0) is 16.6. The number of halogens is 1. The summed E-state index contributed by atoms with van der Waals surface area (Å²) in [5.74, 6) is 2.71. The molecule has 1 aromatic rings. The lowest BCUT2D eigenvalue weighted by Crippen LogP contribution is -2.40. The van der Waals surface area contributed by atoms with E-state index in [1.54, 1.807) is 13.0 Å². The minimum absolute atomic E-state index is 0. The molecule has 134 valence electrons. The first-order chi connectivity index (χ1) is 10.4. The first kappa shape index (κ1) is 22.2. The number of aliphatic imine (C=N–C) groups is 1. The average Bonchev–Trinajstić information content (AvgIpc) is 2.93. The SMILES string of the molecule is CCNC(=NCC(C)(O)c1ccc(C)o1)NCC(CC)CC.I. The van der Waals surface area contributed by atoms with Gasteiger partial charge < -0.3 is 20.2 Å². The van der Waals surface area contributed by atoms with E-state index in [2.05, 4.69) is 29.5 Å². The Bertz CT molecular complexity index is 468. The molecule has 23 heavy (non-hydrogen) atoms. The summed E-state index contributed by atoms with van der Waals surface area (Å²) in [6.45, 7) is 11.9. The van der Waals surface area contributed by atoms with E-state index < -0.39 is 5.60 Å². The summed E-state index contributed by atoms with van der Waals surface area (Å²) in [4.78, 5) is 4.50. The Labute approximate surface area is 157 Å². The standard InChI is InChI=1S/C17H31N3O2.HI/c1-6-14(7-2)11-19-16(18-8-3)20-12-17(5,21)15-10-9-13(4)22-15;/h9-10,14,21H,6-8,11-12H2,1-5H3,(H2,18,19,20);1H. The average molecular weight is 437 g/mol. The van der Waals surface area contributed by atoms with E-state index in [4.69, 9.17) is 4.42 Å². The fraction of sp³-hybridized carbons (Fsp3) is 0.706. The van der Waals surface area contributed by atoms with Gasteiger partial charge in [-0.1, -0.05) is 26.7 Å². The van der Waals surface area contributed by atoms with Crippen LogP contribution in [0.25, 0.3) is 0 Å². The van der Waals surface area contributed by atoms with Crippen LogP contribution in [0.4, 0.5) is 0 Å². The Morgan fingerprint density at radius 2 is 1.91 bits per heavy atom. The molecule has 1 heterocycles. The second-order valence-electron chi connectivity index (χ2n) is 5.94. The maximum Gasteiger partial charge on any atom is 0.191 e. The van der Waals surface area contributed by atoms with E-state index in [1.807, 2.05) is 19.9 Å². The zero-order valence-corrected chi connectivity index (χ0v) is 17.3. The molecule has 3 N–H and O–H groups in total. The van der Waals surface area contributed by atoms with Gasteiger partial charge in [-0.3, -0.25) is 0 Å². The number of nitrogens with zero attached hydrogens (tertiary/aromatic N) is 1. The van der Waals surface area contributed by atoms with Crippen molar-refractivity contribution in [2.24, 2.45) is 10.9 Å². The Morgan fingerprint density at radius 1 is 1.26 bits per heavy atom. The van der Waals surface area contributed by atoms with Crippen molar-refractivity contribution in [1.29, 1.82) is 0 Å². The Kier molecular flexibility index (Phi) is 10.6. The third-order valence-electron chi connectivity index (χ3n) is 3.87. The molecule has 0 saturated heterocycles. The van der Waals surface area contributed by atoms with Crippen LogP contribution in [0.5, 0.6) is 0 Å². The summed E-state index contributed by atoms with van der Waals surface area (Å²) in [5, 5.41) is 17.1. The van der Waals surface area contributed by atoms with Crippen molar-refractivity contribution in [2.45, 2.75) is 53.1 Å². The predicted octanol–water partition coefficient (Wildman–Crippen LogP) is 3.40. The molecule has 0 bridgehead atoms. The summed E-state index contributed by atoms with van der Waals surface area (Å²) in [5.41, 5.74) is -1.11. The van der Waals surface area contributed by atoms with Crippen molar-refractivity contribution in [3.8, 4) is 0 Å². The van der Waals surface area contributed by atoms with Crippen LogP contribution in [-0.2, 0) is 5.60 Å². The third-order valence-corrected chi connectivity index (χ3v) is 3.87. The van der Waals surface area contributed by atoms with Gasteiger partial charge in [0.1, 0.15) is 17.1 Å². The molecule has 0 aromatic carbocycles. The van der Waals surface area contributed by atoms with Gasteiger partial charge in [0.2, 0.25) is 0 Å². The number of nitrogens with one attached hydrogen (secondary N) is 2. The fourth-order valence-corrected chi connectivity index (χ4v) is 2.20. The van der Waals surface area contributed by atoms with Crippen molar-refractivity contribution in [2.75, 3.05) is 19.6 Å². The Morgan fingerprint density at radius 3 is 2.39 bits per heavy atom. The molecule has 0 radical (unpaired) electrons. The van der Waals surface area contributed by atoms with Gasteiger partial charge in [-0.25, -0.2) is 4.99 Å². The van der Waals surface area contributed by atoms with Crippen LogP contribution in [-0.4, -0.2) is 30.7 Å². The van der Waals surface area contributed by atoms with Crippen LogP contribution in [0.15, 0.2) is 21.5 Å². The first-order valence-electron chi connectivity index (χ1n) is 8.24. The lowest BCUT2D eigenvalue weighted by molar-refractivity contribution is 0.0428. The first-order valence-corrected chi connectivity index (χ1v) is 8.24. The topological polar surface area (TPSA) is 69.8 Å². The summed E-state index contributed by atoms with van der Waals surface area (Å²) >= 11 is 0. The van der Waals surface area contributed by atoms with E-state index in [1.165, 1.54) is 0 Å². The van der Waals surface area contributed by atoms with Crippen LogP contribution >= 0.6 is 24.0 Å². The van der Waals surface area contributed by atoms with Gasteiger partial charge >= 0.3 is 0 Å². The molecule has 0 spiro atoms. The number of aryl methyl sites for hydroxylation is 1. The van der Waals surface area contributed by atoms with Gasteiger partial charge in [0, 0.05) is 13.1 Å². The molecule has 0 amide bonds. The van der Waals surface area contributed by atoms with Crippen LogP contribution in [0.3, 0.4) is 0 Å². The van der Waals surface area contributed by atoms with Crippen molar-refractivity contribution in [1.82, 2.24) is 10.6 Å². The summed E-state index contributed by atoms with van der Waals surface area (Å²) in [6, 6.07) is 3.65. The minimum atomic E-state index is -1.11. The van der Waals surface area contributed by atoms with Gasteiger partial charge in [0.15, 0.2) is 5.96 Å². The van der Waals surface area contributed by atoms with Crippen LogP contribution < -0.4 is 10.6 Å². The molecule has 0 fully saturated rings. The number of rotatable bonds is 8. The molecule has 1 atom stereocenters. The maximum absolute atomic E-state index is 10.5. The monoisotopic (exact) mass is 437 g/mol. The van der Waals surface area contributed by atoms with E-state index in [0.29, 0.717) is 11.7 Å². The van der Waals surface area contributed by atoms with Crippen molar-refractivity contribution < 1.29 is 9.52 Å². The van der Waals surface area contributed by atoms with Crippen molar-refractivity contribution >= 4 is 29.9 Å². The van der Waals surface area contributed by atoms with Gasteiger partial charge in [-0.05, 0) is 38.8 Å². The largest absolute Gasteiger partial charge is 0.463 e. The normalized spacial score (nSPS) is 14.3. The molecular formula is C17H32IN3O2. The molecule has 1 unspecified atom stereocenters. The van der Waals surface area contributed by atoms with Crippen LogP contribution in [0.2, 0.25) is 0 Å². The highest BCUT2D eigenvalue weighted by Gasteiger charge is 2.26. The molecule has 6 heteroatoms. The fourth-order valence-electron chi connectivity index (χ4n) is 2.20. The summed E-state index contributed by atoms with van der Waals surface area (Å²) < 4.78 is 5.51. The second kappa shape index (κ2) is 10.9. The highest BCUT2D eigenvalue weighted by Crippen LogP contribution is 2.23. The quantitative estimate of drug-likeness (QED) is 0.331. The van der Waals surface area contributed by atoms with E-state index in [0.717, 1.165) is 37.7 Å². The maximum atomic E-state index is 10.5. The zero-order valence-electron chi connectivity index (χ0n) is 15.0. The lowest BCUT2D eigenvalue weighted by Gasteiger charge is -2.21. The van der Waals surface area contributed by atoms with Crippen molar-refractivity contribution in [3.05, 3.63) is 23.7 Å². The molecular weight excluding hydrogens is 405 g/mol. The number of guanidine groups is 1. The van der Waals surface area contributed by atoms with Crippen molar-refractivity contribution in [3.63, 3.8) is 0 Å². The molecule has 0 aliphatic rings. The third kappa shape index (κ3) is 7.56. The number of aliphatic hydroxyl groups is 1. The molecule has 5 nitrogen and oxygen atoms in total. The highest BCUT2D eigenvalue weighted by molar-refractivity contribution is 14.0. The van der Waals surface area contributed by atoms with Crippen LogP contribution in [0, 0.1) is 12.8 Å². The van der Waals surface area contributed by atoms with E-state index in [9.17, 15) is 5.11 Å². The number of hydrogen-bond donors (Lipinski definition) is 3. The van der Waals surface area contributed by atoms with Crippen LogP contribution in [0.1, 0.15) is 52.1 Å². The van der Waals surface area contributed by atoms with E-state index in [-0.39, 0.29) is 30.5 Å². The highest BCUT2D eigenvalue weighted by atomic mass is 127. The molecule has 0 saturated carbocycles. The molecule has 1 aromatic heterocycles.